The molecule has 0 N–H and O–H groups in total. The molecule has 0 aliphatic heterocycles. The third-order valence-electron chi connectivity index (χ3n) is 0.663. The van der Waals surface area contributed by atoms with Crippen molar-refractivity contribution in [1.82, 2.24) is 4.98 Å². The molecule has 0 aliphatic carbocycles. The number of hydrogen-bond acceptors (Lipinski definition) is 1. The van der Waals surface area contributed by atoms with E-state index in [0.717, 1.165) is 4.47 Å². The van der Waals surface area contributed by atoms with E-state index in [1.54, 1.807) is 12.4 Å². The SMILES string of the molecule is Clc1cnc[c]c1Br. The number of nitrogens with zero attached hydrogens (tertiary/aromatic N) is 1. The molecule has 0 aliphatic rings. The van der Waals surface area contributed by atoms with Gasteiger partial charge in [0.25, 0.3) is 0 Å². The van der Waals surface area contributed by atoms with Gasteiger partial charge in [0, 0.05) is 22.9 Å². The lowest BCUT2D eigenvalue weighted by Gasteiger charge is -1.87. The average molecular weight is 191 g/mol. The predicted molar refractivity (Wildman–Crippen MR) is 35.8 cm³/mol. The van der Waals surface area contributed by atoms with Crippen molar-refractivity contribution in [3.63, 3.8) is 0 Å². The molecule has 0 bridgehead atoms. The van der Waals surface area contributed by atoms with Gasteiger partial charge in [-0.3, -0.25) is 4.98 Å². The molecular formula is C5H2BrClN. The number of halogens is 2. The molecule has 0 unspecified atom stereocenters. The maximum absolute atomic E-state index is 5.57. The Hall–Kier alpha value is -0.0800. The molecule has 0 spiro atoms. The highest BCUT2D eigenvalue weighted by Crippen LogP contribution is 2.18. The summed E-state index contributed by atoms with van der Waals surface area (Å²) in [6, 6.07) is 2.77. The Bertz CT molecular complexity index is 169. The summed E-state index contributed by atoms with van der Waals surface area (Å²) in [5.74, 6) is 0. The first-order chi connectivity index (χ1) is 3.80. The molecule has 3 heteroatoms. The van der Waals surface area contributed by atoms with Crippen LogP contribution in [0, 0.1) is 6.07 Å². The summed E-state index contributed by atoms with van der Waals surface area (Å²) in [6.07, 6.45) is 3.11. The zero-order valence-corrected chi connectivity index (χ0v) is 6.20. The van der Waals surface area contributed by atoms with Gasteiger partial charge in [0.1, 0.15) is 0 Å². The first-order valence-electron chi connectivity index (χ1n) is 1.97. The van der Waals surface area contributed by atoms with Crippen molar-refractivity contribution < 1.29 is 0 Å². The fourth-order valence-electron chi connectivity index (χ4n) is 0.322. The topological polar surface area (TPSA) is 12.9 Å². The van der Waals surface area contributed by atoms with Crippen molar-refractivity contribution in [2.45, 2.75) is 0 Å². The molecule has 0 atom stereocenters. The van der Waals surface area contributed by atoms with Crippen molar-refractivity contribution in [2.24, 2.45) is 0 Å². The minimum atomic E-state index is 0.590. The third-order valence-corrected chi connectivity index (χ3v) is 1.83. The molecular weight excluding hydrogens is 189 g/mol. The van der Waals surface area contributed by atoms with Gasteiger partial charge in [-0.05, 0) is 15.9 Å². The van der Waals surface area contributed by atoms with Crippen LogP contribution in [0.1, 0.15) is 0 Å². The molecule has 1 aromatic rings. The van der Waals surface area contributed by atoms with Gasteiger partial charge in [0.05, 0.1) is 5.02 Å². The summed E-state index contributed by atoms with van der Waals surface area (Å²) in [6.45, 7) is 0. The van der Waals surface area contributed by atoms with Crippen molar-refractivity contribution in [1.29, 1.82) is 0 Å². The van der Waals surface area contributed by atoms with Crippen molar-refractivity contribution in [2.75, 3.05) is 0 Å². The summed E-state index contributed by atoms with van der Waals surface area (Å²) >= 11 is 8.74. The quantitative estimate of drug-likeness (QED) is 0.613. The highest BCUT2D eigenvalue weighted by molar-refractivity contribution is 9.10. The highest BCUT2D eigenvalue weighted by atomic mass is 79.9. The van der Waals surface area contributed by atoms with E-state index in [4.69, 9.17) is 11.6 Å². The lowest BCUT2D eigenvalue weighted by atomic mass is 10.5. The van der Waals surface area contributed by atoms with Gasteiger partial charge >= 0.3 is 0 Å². The van der Waals surface area contributed by atoms with Crippen LogP contribution >= 0.6 is 27.5 Å². The first-order valence-corrected chi connectivity index (χ1v) is 3.14. The van der Waals surface area contributed by atoms with E-state index in [1.165, 1.54) is 0 Å². The Labute approximate surface area is 60.8 Å². The molecule has 0 saturated carbocycles. The molecule has 0 amide bonds. The standard InChI is InChI=1S/C5H2BrClN/c6-4-1-2-8-3-5(4)7/h2-3H. The zero-order chi connectivity index (χ0) is 5.98. The average Bonchev–Trinajstić information content (AvgIpc) is 1.77. The minimum Gasteiger partial charge on any atom is -0.262 e. The Morgan fingerprint density at radius 2 is 2.50 bits per heavy atom. The van der Waals surface area contributed by atoms with Crippen molar-refractivity contribution in [3.05, 3.63) is 28.0 Å². The second-order valence-electron chi connectivity index (χ2n) is 1.21. The molecule has 41 valence electrons. The maximum atomic E-state index is 5.57. The summed E-state index contributed by atoms with van der Waals surface area (Å²) in [7, 11) is 0. The second-order valence-corrected chi connectivity index (χ2v) is 2.41. The fraction of sp³-hybridized carbons (Fsp3) is 0. The number of rotatable bonds is 0. The first kappa shape index (κ1) is 6.05. The summed E-state index contributed by atoms with van der Waals surface area (Å²) in [5.41, 5.74) is 0. The second kappa shape index (κ2) is 2.46. The van der Waals surface area contributed by atoms with E-state index >= 15 is 0 Å². The van der Waals surface area contributed by atoms with Crippen LogP contribution in [-0.4, -0.2) is 4.98 Å². The summed E-state index contributed by atoms with van der Waals surface area (Å²) in [5, 5.41) is 0.590. The molecule has 0 fully saturated rings. The predicted octanol–water partition coefficient (Wildman–Crippen LogP) is 2.30. The van der Waals surface area contributed by atoms with E-state index in [1.807, 2.05) is 0 Å². The Kier molecular flexibility index (Phi) is 1.86. The highest BCUT2D eigenvalue weighted by Gasteiger charge is 1.90. The lowest BCUT2D eigenvalue weighted by molar-refractivity contribution is 1.31. The van der Waals surface area contributed by atoms with Crippen molar-refractivity contribution in [3.8, 4) is 0 Å². The van der Waals surface area contributed by atoms with Gasteiger partial charge in [0.2, 0.25) is 0 Å². The van der Waals surface area contributed by atoms with Crippen LogP contribution in [-0.2, 0) is 0 Å². The van der Waals surface area contributed by atoms with Gasteiger partial charge < -0.3 is 0 Å². The molecule has 1 nitrogen and oxygen atoms in total. The normalized spacial score (nSPS) is 9.25. The largest absolute Gasteiger partial charge is 0.262 e. The van der Waals surface area contributed by atoms with Gasteiger partial charge in [-0.1, -0.05) is 11.6 Å². The van der Waals surface area contributed by atoms with Crippen LogP contribution in [0.5, 0.6) is 0 Å². The molecule has 0 aromatic carbocycles. The molecule has 0 saturated heterocycles. The fourth-order valence-corrected chi connectivity index (χ4v) is 0.638. The maximum Gasteiger partial charge on any atom is 0.0737 e. The van der Waals surface area contributed by atoms with Crippen LogP contribution in [0.25, 0.3) is 0 Å². The molecule has 1 radical (unpaired) electrons. The molecule has 8 heavy (non-hydrogen) atoms. The minimum absolute atomic E-state index is 0.590. The Balaban J connectivity index is 3.13. The smallest absolute Gasteiger partial charge is 0.0737 e. The monoisotopic (exact) mass is 190 g/mol. The van der Waals surface area contributed by atoms with Crippen molar-refractivity contribution >= 4 is 27.5 Å². The van der Waals surface area contributed by atoms with Gasteiger partial charge in [0.15, 0.2) is 0 Å². The number of aromatic nitrogens is 1. The van der Waals surface area contributed by atoms with E-state index in [-0.39, 0.29) is 0 Å². The van der Waals surface area contributed by atoms with E-state index < -0.39 is 0 Å². The van der Waals surface area contributed by atoms with Gasteiger partial charge in [-0.2, -0.15) is 0 Å². The van der Waals surface area contributed by atoms with Crippen LogP contribution in [0.15, 0.2) is 16.9 Å². The van der Waals surface area contributed by atoms with Gasteiger partial charge in [-0.15, -0.1) is 0 Å². The Morgan fingerprint density at radius 1 is 1.75 bits per heavy atom. The zero-order valence-electron chi connectivity index (χ0n) is 3.86. The summed E-state index contributed by atoms with van der Waals surface area (Å²) in [4.78, 5) is 3.73. The van der Waals surface area contributed by atoms with E-state index in [0.29, 0.717) is 5.02 Å². The lowest BCUT2D eigenvalue weighted by Crippen LogP contribution is -1.70. The van der Waals surface area contributed by atoms with E-state index in [2.05, 4.69) is 27.0 Å². The number of pyridine rings is 1. The Morgan fingerprint density at radius 3 is 2.88 bits per heavy atom. The third kappa shape index (κ3) is 1.20. The van der Waals surface area contributed by atoms with Crippen LogP contribution in [0.4, 0.5) is 0 Å². The van der Waals surface area contributed by atoms with Gasteiger partial charge in [-0.25, -0.2) is 0 Å². The van der Waals surface area contributed by atoms with Crippen LogP contribution < -0.4 is 0 Å². The number of hydrogen-bond donors (Lipinski definition) is 0. The molecule has 1 rings (SSSR count). The van der Waals surface area contributed by atoms with E-state index in [9.17, 15) is 0 Å². The summed E-state index contributed by atoms with van der Waals surface area (Å²) < 4.78 is 0.758. The van der Waals surface area contributed by atoms with Crippen LogP contribution in [0.2, 0.25) is 5.02 Å². The van der Waals surface area contributed by atoms with Crippen LogP contribution in [0.3, 0.4) is 0 Å². The molecule has 1 aromatic heterocycles. The molecule has 1 heterocycles.